The first-order valence-electron chi connectivity index (χ1n) is 14.1. The summed E-state index contributed by atoms with van der Waals surface area (Å²) in [7, 11) is 1.90. The number of ether oxygens (including phenoxy) is 1. The van der Waals surface area contributed by atoms with Gasteiger partial charge in [-0.05, 0) is 105 Å². The maximum atomic E-state index is 13.9. The van der Waals surface area contributed by atoms with Gasteiger partial charge in [-0.3, -0.25) is 9.48 Å². The van der Waals surface area contributed by atoms with Crippen molar-refractivity contribution < 1.29 is 19.4 Å². The minimum Gasteiger partial charge on any atom is -0.494 e. The lowest BCUT2D eigenvalue weighted by Gasteiger charge is -2.14. The first-order chi connectivity index (χ1) is 20.8. The van der Waals surface area contributed by atoms with Crippen LogP contribution in [0.15, 0.2) is 52.5 Å². The molecule has 0 saturated heterocycles. The van der Waals surface area contributed by atoms with Crippen molar-refractivity contribution in [3.63, 3.8) is 0 Å². The lowest BCUT2D eigenvalue weighted by atomic mass is 9.93. The van der Waals surface area contributed by atoms with Crippen LogP contribution in [0.2, 0.25) is 10.0 Å². The number of aryl methyl sites for hydroxylation is 4. The third-order valence-electron chi connectivity index (χ3n) is 7.99. The molecule has 0 spiro atoms. The Morgan fingerprint density at radius 1 is 1.05 bits per heavy atom. The van der Waals surface area contributed by atoms with Crippen LogP contribution >= 0.6 is 39.1 Å². The van der Waals surface area contributed by atoms with Crippen LogP contribution < -0.4 is 10.1 Å². The minimum atomic E-state index is -1.08. The zero-order chi connectivity index (χ0) is 31.9. The number of anilines is 1. The number of benzene rings is 3. The van der Waals surface area contributed by atoms with Crippen molar-refractivity contribution in [1.29, 1.82) is 0 Å². The van der Waals surface area contributed by atoms with E-state index in [1.807, 2.05) is 63.7 Å². The number of amides is 1. The molecule has 1 amide bonds. The number of carbonyl (C=O) groups excluding carboxylic acids is 1. The number of nitrogens with one attached hydrogen (secondary N) is 1. The van der Waals surface area contributed by atoms with Crippen LogP contribution in [0.3, 0.4) is 0 Å². The molecular formula is C34H32BrCl2N3O4. The average molecular weight is 697 g/mol. The smallest absolute Gasteiger partial charge is 0.335 e. The quantitative estimate of drug-likeness (QED) is 0.171. The Morgan fingerprint density at radius 2 is 1.75 bits per heavy atom. The van der Waals surface area contributed by atoms with Gasteiger partial charge in [0, 0.05) is 56.1 Å². The van der Waals surface area contributed by atoms with Crippen LogP contribution in [-0.4, -0.2) is 33.4 Å². The molecule has 0 radical (unpaired) electrons. The zero-order valence-corrected chi connectivity index (χ0v) is 28.2. The van der Waals surface area contributed by atoms with E-state index in [1.54, 1.807) is 6.07 Å². The first-order valence-corrected chi connectivity index (χ1v) is 15.7. The van der Waals surface area contributed by atoms with E-state index < -0.39 is 5.97 Å². The summed E-state index contributed by atoms with van der Waals surface area (Å²) in [5.41, 5.74) is 9.52. The summed E-state index contributed by atoms with van der Waals surface area (Å²) in [6.07, 6.45) is 1.62. The molecule has 7 nitrogen and oxygen atoms in total. The minimum absolute atomic E-state index is 0.0694. The van der Waals surface area contributed by atoms with E-state index in [0.29, 0.717) is 46.6 Å². The maximum Gasteiger partial charge on any atom is 0.335 e. The maximum absolute atomic E-state index is 13.9. The fraction of sp³-hybridized carbons (Fsp3) is 0.265. The Kier molecular flexibility index (Phi) is 9.25. The van der Waals surface area contributed by atoms with Crippen LogP contribution in [-0.2, 0) is 18.3 Å². The Hall–Kier alpha value is -3.59. The van der Waals surface area contributed by atoms with E-state index in [9.17, 15) is 14.7 Å². The standard InChI is InChI=1S/C34H32BrCl2N3O4/c1-17-11-24(12-18(2)32(17)37)44-10-6-7-25-26-8-9-29(36)31(30-19(3)39-40(5)20(30)4)27(26)16-28(25)33(41)38-23-14-21(34(42)43)13-22(35)15-23/h8-9,11-15H,6-7,10,16H2,1-5H3,(H,38,41)(H,42,43). The molecule has 3 aromatic carbocycles. The number of allylic oxidation sites excluding steroid dienone is 1. The van der Waals surface area contributed by atoms with Gasteiger partial charge >= 0.3 is 5.97 Å². The van der Waals surface area contributed by atoms with Crippen molar-refractivity contribution in [3.05, 3.63) is 102 Å². The zero-order valence-electron chi connectivity index (χ0n) is 25.1. The summed E-state index contributed by atoms with van der Waals surface area (Å²) in [5.74, 6) is -0.622. The highest BCUT2D eigenvalue weighted by molar-refractivity contribution is 9.10. The lowest BCUT2D eigenvalue weighted by Crippen LogP contribution is -2.16. The number of carbonyl (C=O) groups is 2. The summed E-state index contributed by atoms with van der Waals surface area (Å²) >= 11 is 16.5. The van der Waals surface area contributed by atoms with E-state index in [-0.39, 0.29) is 11.5 Å². The van der Waals surface area contributed by atoms with E-state index in [1.165, 1.54) is 12.1 Å². The molecule has 0 unspecified atom stereocenters. The topological polar surface area (TPSA) is 93.4 Å². The van der Waals surface area contributed by atoms with Gasteiger partial charge in [-0.25, -0.2) is 4.79 Å². The number of carboxylic acids is 1. The molecule has 44 heavy (non-hydrogen) atoms. The van der Waals surface area contributed by atoms with Gasteiger partial charge in [-0.1, -0.05) is 45.2 Å². The predicted octanol–water partition coefficient (Wildman–Crippen LogP) is 8.90. The van der Waals surface area contributed by atoms with Gasteiger partial charge in [0.1, 0.15) is 5.75 Å². The van der Waals surface area contributed by atoms with Gasteiger partial charge in [-0.2, -0.15) is 5.10 Å². The molecule has 1 aliphatic rings. The van der Waals surface area contributed by atoms with Gasteiger partial charge in [0.25, 0.3) is 5.91 Å². The fourth-order valence-electron chi connectivity index (χ4n) is 5.86. The third-order valence-corrected chi connectivity index (χ3v) is 9.36. The molecule has 4 aromatic rings. The SMILES string of the molecule is Cc1cc(OCCCC2=C(C(=O)Nc3cc(Br)cc(C(=O)O)c3)Cc3c2ccc(Cl)c3-c2c(C)nn(C)c2C)cc(C)c1Cl. The number of hydrogen-bond acceptors (Lipinski definition) is 4. The van der Waals surface area contributed by atoms with Gasteiger partial charge in [0.05, 0.1) is 17.9 Å². The first kappa shape index (κ1) is 31.8. The summed E-state index contributed by atoms with van der Waals surface area (Å²) in [4.78, 5) is 25.5. The normalized spacial score (nSPS) is 12.5. The molecule has 0 bridgehead atoms. The third kappa shape index (κ3) is 6.29. The second-order valence-electron chi connectivity index (χ2n) is 11.1. The van der Waals surface area contributed by atoms with Crippen LogP contribution in [0.4, 0.5) is 5.69 Å². The molecule has 0 saturated carbocycles. The van der Waals surface area contributed by atoms with Crippen molar-refractivity contribution in [2.24, 2.45) is 7.05 Å². The summed E-state index contributed by atoms with van der Waals surface area (Å²) in [6.45, 7) is 8.31. The van der Waals surface area contributed by atoms with Gasteiger partial charge in [0.15, 0.2) is 0 Å². The van der Waals surface area contributed by atoms with E-state index in [4.69, 9.17) is 27.9 Å². The Morgan fingerprint density at radius 3 is 2.39 bits per heavy atom. The van der Waals surface area contributed by atoms with Gasteiger partial charge in [-0.15, -0.1) is 0 Å². The van der Waals surface area contributed by atoms with Crippen LogP contribution in [0.1, 0.15) is 56.8 Å². The van der Waals surface area contributed by atoms with Crippen molar-refractivity contribution in [2.45, 2.75) is 47.0 Å². The number of halogens is 3. The highest BCUT2D eigenvalue weighted by Gasteiger charge is 2.31. The summed E-state index contributed by atoms with van der Waals surface area (Å²) in [5, 5.41) is 18.4. The number of rotatable bonds is 9. The number of carboxylic acid groups (broad SMARTS) is 1. The number of aromatic nitrogens is 2. The van der Waals surface area contributed by atoms with Gasteiger partial charge in [0.2, 0.25) is 0 Å². The van der Waals surface area contributed by atoms with Crippen molar-refractivity contribution in [3.8, 4) is 16.9 Å². The van der Waals surface area contributed by atoms with E-state index in [0.717, 1.165) is 61.1 Å². The Balaban J connectivity index is 1.49. The number of fused-ring (bicyclic) bond motifs is 1. The molecular weight excluding hydrogens is 665 g/mol. The summed E-state index contributed by atoms with van der Waals surface area (Å²) in [6, 6.07) is 12.3. The fourth-order valence-corrected chi connectivity index (χ4v) is 6.73. The lowest BCUT2D eigenvalue weighted by molar-refractivity contribution is -0.112. The average Bonchev–Trinajstić information content (AvgIpc) is 3.45. The van der Waals surface area contributed by atoms with Crippen molar-refractivity contribution >= 4 is 62.3 Å². The molecule has 1 heterocycles. The molecule has 228 valence electrons. The van der Waals surface area contributed by atoms with Crippen molar-refractivity contribution in [1.82, 2.24) is 9.78 Å². The highest BCUT2D eigenvalue weighted by atomic mass is 79.9. The van der Waals surface area contributed by atoms with Crippen LogP contribution in [0, 0.1) is 27.7 Å². The van der Waals surface area contributed by atoms with Crippen molar-refractivity contribution in [2.75, 3.05) is 11.9 Å². The molecule has 1 aromatic heterocycles. The molecule has 10 heteroatoms. The predicted molar refractivity (Wildman–Crippen MR) is 179 cm³/mol. The molecule has 0 atom stereocenters. The second kappa shape index (κ2) is 12.8. The number of hydrogen-bond donors (Lipinski definition) is 2. The molecule has 1 aliphatic carbocycles. The monoisotopic (exact) mass is 695 g/mol. The molecule has 0 fully saturated rings. The van der Waals surface area contributed by atoms with Crippen LogP contribution in [0.5, 0.6) is 5.75 Å². The largest absolute Gasteiger partial charge is 0.494 e. The highest BCUT2D eigenvalue weighted by Crippen LogP contribution is 2.45. The summed E-state index contributed by atoms with van der Waals surface area (Å²) < 4.78 is 8.47. The van der Waals surface area contributed by atoms with Gasteiger partial charge < -0.3 is 15.2 Å². The van der Waals surface area contributed by atoms with Crippen LogP contribution in [0.25, 0.3) is 16.7 Å². The number of aromatic carboxylic acids is 1. The molecule has 2 N–H and O–H groups in total. The second-order valence-corrected chi connectivity index (χ2v) is 12.8. The Labute approximate surface area is 275 Å². The Bertz CT molecular complexity index is 1840. The molecule has 0 aliphatic heterocycles. The van der Waals surface area contributed by atoms with E-state index in [2.05, 4.69) is 26.3 Å². The number of nitrogens with zero attached hydrogens (tertiary/aromatic N) is 2. The molecule has 5 rings (SSSR count). The van der Waals surface area contributed by atoms with E-state index >= 15 is 0 Å².